The van der Waals surface area contributed by atoms with Crippen molar-refractivity contribution in [2.45, 2.75) is 65.5 Å². The van der Waals surface area contributed by atoms with E-state index >= 15 is 0 Å². The van der Waals surface area contributed by atoms with Crippen molar-refractivity contribution in [2.24, 2.45) is 11.8 Å². The van der Waals surface area contributed by atoms with Gasteiger partial charge in [0.2, 0.25) is 11.8 Å². The fourth-order valence-electron chi connectivity index (χ4n) is 3.66. The monoisotopic (exact) mass is 435 g/mol. The van der Waals surface area contributed by atoms with Crippen LogP contribution < -0.4 is 10.6 Å². The molecule has 0 radical (unpaired) electrons. The van der Waals surface area contributed by atoms with Gasteiger partial charge >= 0.3 is 0 Å². The molecule has 1 heterocycles. The Morgan fingerprint density at radius 3 is 2.30 bits per heavy atom. The number of likely N-dealkylation sites (tertiary alicyclic amines) is 1. The Kier molecular flexibility index (Phi) is 9.15. The van der Waals surface area contributed by atoms with Crippen LogP contribution in [0.25, 0.3) is 0 Å². The first kappa shape index (κ1) is 24.2. The van der Waals surface area contributed by atoms with E-state index in [1.807, 2.05) is 32.6 Å². The van der Waals surface area contributed by atoms with Gasteiger partial charge in [-0.3, -0.25) is 14.4 Å². The summed E-state index contributed by atoms with van der Waals surface area (Å²) in [6, 6.07) is 6.16. The quantitative estimate of drug-likeness (QED) is 0.654. The lowest BCUT2D eigenvalue weighted by Crippen LogP contribution is -2.55. The van der Waals surface area contributed by atoms with Crippen molar-refractivity contribution in [3.8, 4) is 0 Å². The van der Waals surface area contributed by atoms with E-state index in [0.29, 0.717) is 48.9 Å². The smallest absolute Gasteiger partial charge is 0.253 e. The SMILES string of the molecule is CC[C@H](C)NC(=O)[C@@H](NC(=O)c1ccccc1Cl)C1CCN(C(=O)CC(C)C)CC1. The molecule has 2 N–H and O–H groups in total. The standard InChI is InChI=1S/C23H34ClN3O3/c1-5-16(4)25-23(30)21(26-22(29)18-8-6-7-9-19(18)24)17-10-12-27(13-11-17)20(28)14-15(2)3/h6-9,15-17,21H,5,10-14H2,1-4H3,(H,25,30)(H,26,29)/t16-,21-/m0/s1. The third-order valence-corrected chi connectivity index (χ3v) is 5.96. The molecule has 1 fully saturated rings. The lowest BCUT2D eigenvalue weighted by Gasteiger charge is -2.36. The van der Waals surface area contributed by atoms with Crippen LogP contribution in [0.1, 0.15) is 63.7 Å². The van der Waals surface area contributed by atoms with E-state index in [9.17, 15) is 14.4 Å². The number of benzene rings is 1. The van der Waals surface area contributed by atoms with Gasteiger partial charge in [0.1, 0.15) is 6.04 Å². The number of halogens is 1. The summed E-state index contributed by atoms with van der Waals surface area (Å²) in [5.41, 5.74) is 0.352. The molecule has 7 heteroatoms. The van der Waals surface area contributed by atoms with Crippen LogP contribution in [0.2, 0.25) is 5.02 Å². The Morgan fingerprint density at radius 2 is 1.73 bits per heavy atom. The lowest BCUT2D eigenvalue weighted by molar-refractivity contribution is -0.133. The topological polar surface area (TPSA) is 78.5 Å². The summed E-state index contributed by atoms with van der Waals surface area (Å²) < 4.78 is 0. The third kappa shape index (κ3) is 6.73. The number of rotatable bonds is 8. The van der Waals surface area contributed by atoms with Gasteiger partial charge in [0.15, 0.2) is 0 Å². The highest BCUT2D eigenvalue weighted by molar-refractivity contribution is 6.33. The fourth-order valence-corrected chi connectivity index (χ4v) is 3.88. The van der Waals surface area contributed by atoms with Gasteiger partial charge in [-0.05, 0) is 50.2 Å². The summed E-state index contributed by atoms with van der Waals surface area (Å²) >= 11 is 6.16. The molecule has 1 aliphatic heterocycles. The Hall–Kier alpha value is -2.08. The number of nitrogens with zero attached hydrogens (tertiary/aromatic N) is 1. The number of nitrogens with one attached hydrogen (secondary N) is 2. The maximum atomic E-state index is 13.0. The molecule has 0 saturated carbocycles. The molecular formula is C23H34ClN3O3. The summed E-state index contributed by atoms with van der Waals surface area (Å²) in [5.74, 6) is -0.105. The van der Waals surface area contributed by atoms with Crippen molar-refractivity contribution in [2.75, 3.05) is 13.1 Å². The molecule has 0 aromatic heterocycles. The average molecular weight is 436 g/mol. The molecule has 30 heavy (non-hydrogen) atoms. The highest BCUT2D eigenvalue weighted by Crippen LogP contribution is 2.23. The Morgan fingerprint density at radius 1 is 1.10 bits per heavy atom. The van der Waals surface area contributed by atoms with Crippen LogP contribution in [0.15, 0.2) is 24.3 Å². The first-order valence-electron chi connectivity index (χ1n) is 10.9. The zero-order valence-corrected chi connectivity index (χ0v) is 19.2. The van der Waals surface area contributed by atoms with Crippen LogP contribution in [0, 0.1) is 11.8 Å². The Labute approximate surface area is 184 Å². The van der Waals surface area contributed by atoms with Gasteiger partial charge in [0, 0.05) is 25.6 Å². The van der Waals surface area contributed by atoms with Crippen molar-refractivity contribution in [1.29, 1.82) is 0 Å². The second-order valence-corrected chi connectivity index (χ2v) is 8.97. The van der Waals surface area contributed by atoms with Gasteiger partial charge in [-0.25, -0.2) is 0 Å². The molecule has 0 aliphatic carbocycles. The van der Waals surface area contributed by atoms with Gasteiger partial charge in [-0.15, -0.1) is 0 Å². The molecule has 0 spiro atoms. The number of hydrogen-bond donors (Lipinski definition) is 2. The predicted octanol–water partition coefficient (Wildman–Crippen LogP) is 3.64. The Bertz CT molecular complexity index is 745. The van der Waals surface area contributed by atoms with E-state index in [4.69, 9.17) is 11.6 Å². The normalized spacial score (nSPS) is 16.8. The molecule has 1 aromatic rings. The van der Waals surface area contributed by atoms with Crippen molar-refractivity contribution in [1.82, 2.24) is 15.5 Å². The first-order valence-corrected chi connectivity index (χ1v) is 11.2. The molecule has 1 saturated heterocycles. The van der Waals surface area contributed by atoms with Crippen LogP contribution in [0.3, 0.4) is 0 Å². The van der Waals surface area contributed by atoms with Gasteiger partial charge in [-0.2, -0.15) is 0 Å². The zero-order valence-electron chi connectivity index (χ0n) is 18.4. The lowest BCUT2D eigenvalue weighted by atomic mass is 9.88. The zero-order chi connectivity index (χ0) is 22.3. The molecule has 0 bridgehead atoms. The van der Waals surface area contributed by atoms with Crippen LogP contribution in [-0.2, 0) is 9.59 Å². The van der Waals surface area contributed by atoms with Crippen molar-refractivity contribution in [3.63, 3.8) is 0 Å². The van der Waals surface area contributed by atoms with Crippen LogP contribution in [-0.4, -0.2) is 47.8 Å². The van der Waals surface area contributed by atoms with E-state index in [1.165, 1.54) is 0 Å². The molecule has 0 unspecified atom stereocenters. The highest BCUT2D eigenvalue weighted by Gasteiger charge is 2.34. The molecule has 1 aromatic carbocycles. The number of piperidine rings is 1. The van der Waals surface area contributed by atoms with Crippen LogP contribution in [0.4, 0.5) is 0 Å². The molecule has 3 amide bonds. The summed E-state index contributed by atoms with van der Waals surface area (Å²) in [6.45, 7) is 9.21. The summed E-state index contributed by atoms with van der Waals surface area (Å²) in [7, 11) is 0. The number of carbonyl (C=O) groups excluding carboxylic acids is 3. The van der Waals surface area contributed by atoms with Gasteiger partial charge in [-0.1, -0.05) is 44.5 Å². The fraction of sp³-hybridized carbons (Fsp3) is 0.609. The average Bonchev–Trinajstić information content (AvgIpc) is 2.71. The van der Waals surface area contributed by atoms with E-state index in [-0.39, 0.29) is 29.7 Å². The molecule has 6 nitrogen and oxygen atoms in total. The van der Waals surface area contributed by atoms with Crippen LogP contribution >= 0.6 is 11.6 Å². The van der Waals surface area contributed by atoms with E-state index < -0.39 is 6.04 Å². The third-order valence-electron chi connectivity index (χ3n) is 5.64. The number of carbonyl (C=O) groups is 3. The van der Waals surface area contributed by atoms with Crippen LogP contribution in [0.5, 0.6) is 0 Å². The molecule has 1 aliphatic rings. The van der Waals surface area contributed by atoms with E-state index in [0.717, 1.165) is 6.42 Å². The van der Waals surface area contributed by atoms with Gasteiger partial charge in [0.05, 0.1) is 10.6 Å². The van der Waals surface area contributed by atoms with Gasteiger partial charge < -0.3 is 15.5 Å². The summed E-state index contributed by atoms with van der Waals surface area (Å²) in [4.78, 5) is 40.1. The number of amides is 3. The largest absolute Gasteiger partial charge is 0.352 e. The predicted molar refractivity (Wildman–Crippen MR) is 119 cm³/mol. The molecule has 2 rings (SSSR count). The maximum absolute atomic E-state index is 13.0. The van der Waals surface area contributed by atoms with E-state index in [2.05, 4.69) is 10.6 Å². The maximum Gasteiger partial charge on any atom is 0.253 e. The van der Waals surface area contributed by atoms with Crippen molar-refractivity contribution in [3.05, 3.63) is 34.9 Å². The summed E-state index contributed by atoms with van der Waals surface area (Å²) in [5, 5.41) is 6.25. The second-order valence-electron chi connectivity index (χ2n) is 8.57. The molecular weight excluding hydrogens is 402 g/mol. The van der Waals surface area contributed by atoms with Gasteiger partial charge in [0.25, 0.3) is 5.91 Å². The Balaban J connectivity index is 2.10. The summed E-state index contributed by atoms with van der Waals surface area (Å²) in [6.07, 6.45) is 2.68. The van der Waals surface area contributed by atoms with E-state index in [1.54, 1.807) is 24.3 Å². The molecule has 2 atom stereocenters. The van der Waals surface area contributed by atoms with Crippen molar-refractivity contribution >= 4 is 29.3 Å². The first-order chi connectivity index (χ1) is 14.2. The highest BCUT2D eigenvalue weighted by atomic mass is 35.5. The second kappa shape index (κ2) is 11.3. The minimum Gasteiger partial charge on any atom is -0.352 e. The van der Waals surface area contributed by atoms with Crippen molar-refractivity contribution < 1.29 is 14.4 Å². The minimum atomic E-state index is -0.662. The minimum absolute atomic E-state index is 0.0184. The number of hydrogen-bond acceptors (Lipinski definition) is 3. The molecule has 166 valence electrons.